The molecule has 21 heavy (non-hydrogen) atoms. The summed E-state index contributed by atoms with van der Waals surface area (Å²) < 4.78 is 7.94. The summed E-state index contributed by atoms with van der Waals surface area (Å²) in [6, 6.07) is 2.20. The Morgan fingerprint density at radius 2 is 2.43 bits per heavy atom. The van der Waals surface area contributed by atoms with Gasteiger partial charge in [0.2, 0.25) is 0 Å². The topological polar surface area (TPSA) is 30.3 Å². The molecule has 0 N–H and O–H groups in total. The zero-order valence-electron chi connectivity index (χ0n) is 12.1. The molecule has 2 aromatic rings. The van der Waals surface area contributed by atoms with Crippen molar-refractivity contribution < 1.29 is 4.74 Å². The average Bonchev–Trinajstić information content (AvgIpc) is 3.09. The highest BCUT2D eigenvalue weighted by atomic mass is 32.1. The van der Waals surface area contributed by atoms with Crippen LogP contribution in [0.1, 0.15) is 11.4 Å². The van der Waals surface area contributed by atoms with Crippen LogP contribution in [-0.2, 0) is 24.4 Å². The molecule has 0 saturated heterocycles. The molecule has 5 heteroatoms. The molecule has 0 spiro atoms. The highest BCUT2D eigenvalue weighted by Crippen LogP contribution is 2.19. The molecule has 0 saturated carbocycles. The van der Waals surface area contributed by atoms with E-state index in [0.717, 1.165) is 38.6 Å². The standard InChI is InChI=1S/C16H21N3OS/c1-2-6-20-12-15-9-18(8-14-3-7-21-13-14)11-16-17-4-5-19(16)10-15/h2-5,7,13,15H,1,6,8-12H2. The van der Waals surface area contributed by atoms with Crippen LogP contribution in [0.4, 0.5) is 0 Å². The summed E-state index contributed by atoms with van der Waals surface area (Å²) >= 11 is 1.76. The van der Waals surface area contributed by atoms with E-state index in [-0.39, 0.29) is 0 Å². The monoisotopic (exact) mass is 303 g/mol. The molecule has 3 rings (SSSR count). The van der Waals surface area contributed by atoms with Crippen molar-refractivity contribution in [2.75, 3.05) is 19.8 Å². The van der Waals surface area contributed by atoms with Crippen LogP contribution in [0, 0.1) is 5.92 Å². The number of aromatic nitrogens is 2. The Bertz CT molecular complexity index is 564. The minimum Gasteiger partial charge on any atom is -0.377 e. The molecule has 112 valence electrons. The van der Waals surface area contributed by atoms with Crippen molar-refractivity contribution in [1.82, 2.24) is 14.5 Å². The first kappa shape index (κ1) is 14.5. The highest BCUT2D eigenvalue weighted by molar-refractivity contribution is 7.07. The largest absolute Gasteiger partial charge is 0.377 e. The summed E-state index contributed by atoms with van der Waals surface area (Å²) in [5.74, 6) is 1.63. The van der Waals surface area contributed by atoms with Gasteiger partial charge in [-0.1, -0.05) is 6.08 Å². The van der Waals surface area contributed by atoms with Crippen LogP contribution in [0.2, 0.25) is 0 Å². The molecule has 4 nitrogen and oxygen atoms in total. The second-order valence-corrected chi connectivity index (χ2v) is 6.27. The zero-order valence-corrected chi connectivity index (χ0v) is 13.0. The summed E-state index contributed by atoms with van der Waals surface area (Å²) in [5, 5.41) is 4.36. The number of thiophene rings is 1. The van der Waals surface area contributed by atoms with Crippen molar-refractivity contribution in [3.8, 4) is 0 Å². The van der Waals surface area contributed by atoms with Gasteiger partial charge in [-0.05, 0) is 22.4 Å². The minimum absolute atomic E-state index is 0.485. The lowest BCUT2D eigenvalue weighted by Crippen LogP contribution is -2.30. The van der Waals surface area contributed by atoms with Gasteiger partial charge in [-0.2, -0.15) is 11.3 Å². The maximum atomic E-state index is 5.68. The Balaban J connectivity index is 1.69. The van der Waals surface area contributed by atoms with Crippen LogP contribution in [0.15, 0.2) is 41.9 Å². The zero-order chi connectivity index (χ0) is 14.5. The first-order valence-corrected chi connectivity index (χ1v) is 8.21. The van der Waals surface area contributed by atoms with E-state index in [0.29, 0.717) is 12.5 Å². The molecule has 1 unspecified atom stereocenters. The Labute approximate surface area is 129 Å². The Hall–Kier alpha value is -1.43. The fourth-order valence-electron chi connectivity index (χ4n) is 2.81. The first-order valence-electron chi connectivity index (χ1n) is 7.27. The van der Waals surface area contributed by atoms with E-state index < -0.39 is 0 Å². The van der Waals surface area contributed by atoms with Gasteiger partial charge in [0.05, 0.1) is 19.8 Å². The molecule has 1 aliphatic rings. The van der Waals surface area contributed by atoms with Gasteiger partial charge in [0.15, 0.2) is 0 Å². The molecule has 1 atom stereocenters. The predicted octanol–water partition coefficient (Wildman–Crippen LogP) is 2.78. The summed E-state index contributed by atoms with van der Waals surface area (Å²) in [7, 11) is 0. The SMILES string of the molecule is C=CCOCC1CN(Cc2ccsc2)Cc2nccn2C1. The van der Waals surface area contributed by atoms with Crippen molar-refractivity contribution in [2.45, 2.75) is 19.6 Å². The number of nitrogens with zero attached hydrogens (tertiary/aromatic N) is 3. The second kappa shape index (κ2) is 7.02. The van der Waals surface area contributed by atoms with Crippen molar-refractivity contribution >= 4 is 11.3 Å². The molecule has 0 amide bonds. The normalized spacial score (nSPS) is 19.1. The summed E-state index contributed by atoms with van der Waals surface area (Å²) in [5.41, 5.74) is 1.38. The lowest BCUT2D eigenvalue weighted by Gasteiger charge is -2.23. The number of imidazole rings is 1. The predicted molar refractivity (Wildman–Crippen MR) is 85.2 cm³/mol. The number of hydrogen-bond donors (Lipinski definition) is 0. The Kier molecular flexibility index (Phi) is 4.85. The van der Waals surface area contributed by atoms with E-state index in [2.05, 4.69) is 44.1 Å². The number of hydrogen-bond acceptors (Lipinski definition) is 4. The van der Waals surface area contributed by atoms with Crippen molar-refractivity contribution in [2.24, 2.45) is 5.92 Å². The lowest BCUT2D eigenvalue weighted by atomic mass is 10.1. The van der Waals surface area contributed by atoms with Gasteiger partial charge in [0.1, 0.15) is 5.82 Å². The van der Waals surface area contributed by atoms with Crippen LogP contribution >= 0.6 is 11.3 Å². The quantitative estimate of drug-likeness (QED) is 0.607. The summed E-state index contributed by atoms with van der Waals surface area (Å²) in [6.45, 7) is 9.00. The average molecular weight is 303 g/mol. The van der Waals surface area contributed by atoms with E-state index in [9.17, 15) is 0 Å². The van der Waals surface area contributed by atoms with Gasteiger partial charge in [0, 0.05) is 37.9 Å². The molecular formula is C16H21N3OS. The molecule has 0 radical (unpaired) electrons. The van der Waals surface area contributed by atoms with Crippen LogP contribution in [0.3, 0.4) is 0 Å². The third kappa shape index (κ3) is 3.81. The van der Waals surface area contributed by atoms with Crippen molar-refractivity contribution in [3.63, 3.8) is 0 Å². The maximum Gasteiger partial charge on any atom is 0.122 e. The second-order valence-electron chi connectivity index (χ2n) is 5.49. The van der Waals surface area contributed by atoms with Crippen LogP contribution in [0.5, 0.6) is 0 Å². The Morgan fingerprint density at radius 3 is 3.24 bits per heavy atom. The van der Waals surface area contributed by atoms with E-state index in [1.54, 1.807) is 11.3 Å². The minimum atomic E-state index is 0.485. The van der Waals surface area contributed by atoms with Crippen LogP contribution in [0.25, 0.3) is 0 Å². The van der Waals surface area contributed by atoms with E-state index in [4.69, 9.17) is 4.74 Å². The molecule has 0 aliphatic carbocycles. The van der Waals surface area contributed by atoms with Gasteiger partial charge in [-0.15, -0.1) is 6.58 Å². The third-order valence-corrected chi connectivity index (χ3v) is 4.45. The maximum absolute atomic E-state index is 5.68. The van der Waals surface area contributed by atoms with Crippen LogP contribution < -0.4 is 0 Å². The number of rotatable bonds is 6. The molecule has 3 heterocycles. The third-order valence-electron chi connectivity index (χ3n) is 3.71. The summed E-state index contributed by atoms with van der Waals surface area (Å²) in [6.07, 6.45) is 5.78. The van der Waals surface area contributed by atoms with E-state index in [1.165, 1.54) is 5.56 Å². The first-order chi connectivity index (χ1) is 10.3. The fourth-order valence-corrected chi connectivity index (χ4v) is 3.47. The van der Waals surface area contributed by atoms with Crippen molar-refractivity contribution in [3.05, 3.63) is 53.3 Å². The van der Waals surface area contributed by atoms with Crippen molar-refractivity contribution in [1.29, 1.82) is 0 Å². The fraction of sp³-hybridized carbons (Fsp3) is 0.438. The molecule has 1 aliphatic heterocycles. The van der Waals surface area contributed by atoms with E-state index >= 15 is 0 Å². The van der Waals surface area contributed by atoms with Gasteiger partial charge in [-0.25, -0.2) is 4.98 Å². The summed E-state index contributed by atoms with van der Waals surface area (Å²) in [4.78, 5) is 6.96. The molecular weight excluding hydrogens is 282 g/mol. The molecule has 0 aromatic carbocycles. The number of fused-ring (bicyclic) bond motifs is 1. The molecule has 2 aromatic heterocycles. The number of ether oxygens (including phenoxy) is 1. The molecule has 0 bridgehead atoms. The van der Waals surface area contributed by atoms with Crippen LogP contribution in [-0.4, -0.2) is 34.2 Å². The van der Waals surface area contributed by atoms with Gasteiger partial charge in [0.25, 0.3) is 0 Å². The van der Waals surface area contributed by atoms with Gasteiger partial charge < -0.3 is 9.30 Å². The smallest absolute Gasteiger partial charge is 0.122 e. The highest BCUT2D eigenvalue weighted by Gasteiger charge is 2.22. The van der Waals surface area contributed by atoms with E-state index in [1.807, 2.05) is 12.3 Å². The van der Waals surface area contributed by atoms with Gasteiger partial charge in [-0.3, -0.25) is 4.90 Å². The van der Waals surface area contributed by atoms with Gasteiger partial charge >= 0.3 is 0 Å². The lowest BCUT2D eigenvalue weighted by molar-refractivity contribution is 0.0943. The molecule has 0 fully saturated rings. The Morgan fingerprint density at radius 1 is 1.48 bits per heavy atom.